The Balaban J connectivity index is 1.42. The van der Waals surface area contributed by atoms with Crippen LogP contribution < -0.4 is 9.64 Å². The topological polar surface area (TPSA) is 79.8 Å². The molecule has 2 aromatic rings. The predicted molar refractivity (Wildman–Crippen MR) is 114 cm³/mol. The standard InChI is InChI=1S/C22H26FN3O4S/c1-15-3-8-21(24-12-15)26-17-5-6-18(26)14-25(13-17)22(27)9-10-31(28,29)20-11-16(23)4-7-19(20)30-2/h3-4,7-8,11-12,17-18H,5-6,9-10,13-14H2,1-2H3. The molecule has 2 atom stereocenters. The monoisotopic (exact) mass is 447 g/mol. The number of aryl methyl sites for hydroxylation is 1. The number of carbonyl (C=O) groups is 1. The van der Waals surface area contributed by atoms with Gasteiger partial charge in [0.05, 0.1) is 12.9 Å². The number of carbonyl (C=O) groups excluding carboxylic acids is 1. The van der Waals surface area contributed by atoms with Gasteiger partial charge in [-0.1, -0.05) is 6.07 Å². The first-order chi connectivity index (χ1) is 14.8. The van der Waals surface area contributed by atoms with E-state index in [2.05, 4.69) is 9.88 Å². The van der Waals surface area contributed by atoms with E-state index in [4.69, 9.17) is 4.74 Å². The first-order valence-corrected chi connectivity index (χ1v) is 12.0. The van der Waals surface area contributed by atoms with Gasteiger partial charge in [0.2, 0.25) is 5.91 Å². The van der Waals surface area contributed by atoms with Crippen LogP contribution in [0.25, 0.3) is 0 Å². The smallest absolute Gasteiger partial charge is 0.223 e. The molecule has 0 N–H and O–H groups in total. The predicted octanol–water partition coefficient (Wildman–Crippen LogP) is 2.58. The van der Waals surface area contributed by atoms with Crippen molar-refractivity contribution in [1.82, 2.24) is 9.88 Å². The molecule has 0 saturated carbocycles. The first kappa shape index (κ1) is 21.5. The average Bonchev–Trinajstić information content (AvgIpc) is 3.01. The number of halogens is 1. The molecule has 2 aliphatic heterocycles. The molecule has 3 heterocycles. The Morgan fingerprint density at radius 1 is 1.19 bits per heavy atom. The second kappa shape index (κ2) is 8.45. The van der Waals surface area contributed by atoms with Gasteiger partial charge in [-0.2, -0.15) is 0 Å². The van der Waals surface area contributed by atoms with E-state index in [-0.39, 0.29) is 40.8 Å². The molecule has 2 unspecified atom stereocenters. The summed E-state index contributed by atoms with van der Waals surface area (Å²) in [6, 6.07) is 7.76. The fourth-order valence-corrected chi connectivity index (χ4v) is 5.89. The van der Waals surface area contributed by atoms with E-state index in [1.165, 1.54) is 13.2 Å². The van der Waals surface area contributed by atoms with Crippen LogP contribution >= 0.6 is 0 Å². The highest BCUT2D eigenvalue weighted by molar-refractivity contribution is 7.91. The molecule has 4 rings (SSSR count). The molecule has 0 radical (unpaired) electrons. The summed E-state index contributed by atoms with van der Waals surface area (Å²) in [5.41, 5.74) is 1.10. The summed E-state index contributed by atoms with van der Waals surface area (Å²) in [5, 5.41) is 0. The minimum absolute atomic E-state index is 0.0751. The number of pyridine rings is 1. The number of aromatic nitrogens is 1. The Bertz CT molecular complexity index is 1060. The number of likely N-dealkylation sites (tertiary alicyclic amines) is 1. The van der Waals surface area contributed by atoms with Crippen molar-refractivity contribution >= 4 is 21.6 Å². The number of methoxy groups -OCH3 is 1. The van der Waals surface area contributed by atoms with Crippen molar-refractivity contribution in [2.45, 2.75) is 43.2 Å². The lowest BCUT2D eigenvalue weighted by Gasteiger charge is -2.41. The van der Waals surface area contributed by atoms with E-state index in [0.29, 0.717) is 13.1 Å². The number of amides is 1. The van der Waals surface area contributed by atoms with Gasteiger partial charge in [0.25, 0.3) is 0 Å². The van der Waals surface area contributed by atoms with Gasteiger partial charge in [0.15, 0.2) is 9.84 Å². The van der Waals surface area contributed by atoms with Crippen molar-refractivity contribution in [1.29, 1.82) is 0 Å². The zero-order valence-electron chi connectivity index (χ0n) is 17.6. The highest BCUT2D eigenvalue weighted by Gasteiger charge is 2.42. The van der Waals surface area contributed by atoms with Crippen LogP contribution in [-0.4, -0.2) is 62.2 Å². The zero-order chi connectivity index (χ0) is 22.2. The van der Waals surface area contributed by atoms with Crippen LogP contribution in [0.5, 0.6) is 5.75 Å². The third-order valence-corrected chi connectivity index (χ3v) is 7.77. The van der Waals surface area contributed by atoms with Crippen LogP contribution in [0.2, 0.25) is 0 Å². The maximum Gasteiger partial charge on any atom is 0.223 e. The molecular formula is C22H26FN3O4S. The molecule has 0 spiro atoms. The van der Waals surface area contributed by atoms with E-state index < -0.39 is 15.7 Å². The number of sulfone groups is 1. The molecule has 7 nitrogen and oxygen atoms in total. The molecule has 2 fully saturated rings. The molecule has 2 aliphatic rings. The fourth-order valence-electron chi connectivity index (χ4n) is 4.48. The molecular weight excluding hydrogens is 421 g/mol. The summed E-state index contributed by atoms with van der Waals surface area (Å²) in [6.45, 7) is 3.10. The normalized spacial score (nSPS) is 20.7. The van der Waals surface area contributed by atoms with E-state index in [0.717, 1.165) is 36.4 Å². The van der Waals surface area contributed by atoms with Gasteiger partial charge >= 0.3 is 0 Å². The molecule has 0 aliphatic carbocycles. The summed E-state index contributed by atoms with van der Waals surface area (Å²) in [4.78, 5) is 21.2. The van der Waals surface area contributed by atoms with Gasteiger partial charge in [0.1, 0.15) is 22.3 Å². The second-order valence-corrected chi connectivity index (χ2v) is 10.2. The number of piperazine rings is 1. The molecule has 1 aromatic heterocycles. The van der Waals surface area contributed by atoms with Crippen molar-refractivity contribution in [3.05, 3.63) is 47.9 Å². The number of hydrogen-bond acceptors (Lipinski definition) is 6. The Kier molecular flexibility index (Phi) is 5.88. The minimum Gasteiger partial charge on any atom is -0.495 e. The van der Waals surface area contributed by atoms with Crippen LogP contribution in [0, 0.1) is 12.7 Å². The van der Waals surface area contributed by atoms with Gasteiger partial charge in [-0.25, -0.2) is 17.8 Å². The Labute approximate surface area is 181 Å². The lowest BCUT2D eigenvalue weighted by molar-refractivity contribution is -0.131. The fraction of sp³-hybridized carbons (Fsp3) is 0.455. The molecule has 1 amide bonds. The van der Waals surface area contributed by atoms with Crippen LogP contribution in [0.15, 0.2) is 41.4 Å². The van der Waals surface area contributed by atoms with Gasteiger partial charge in [-0.15, -0.1) is 0 Å². The van der Waals surface area contributed by atoms with Crippen molar-refractivity contribution < 1.29 is 22.3 Å². The molecule has 1 aromatic carbocycles. The minimum atomic E-state index is -3.86. The zero-order valence-corrected chi connectivity index (χ0v) is 18.4. The maximum absolute atomic E-state index is 13.6. The third kappa shape index (κ3) is 4.37. The Morgan fingerprint density at radius 3 is 2.52 bits per heavy atom. The summed E-state index contributed by atoms with van der Waals surface area (Å²) in [7, 11) is -2.53. The van der Waals surface area contributed by atoms with Gasteiger partial charge < -0.3 is 14.5 Å². The first-order valence-electron chi connectivity index (χ1n) is 10.3. The largest absolute Gasteiger partial charge is 0.495 e. The maximum atomic E-state index is 13.6. The van der Waals surface area contributed by atoms with Crippen molar-refractivity contribution in [3.8, 4) is 5.75 Å². The molecule has 166 valence electrons. The van der Waals surface area contributed by atoms with Crippen molar-refractivity contribution in [3.63, 3.8) is 0 Å². The second-order valence-electron chi connectivity index (χ2n) is 8.15. The number of nitrogens with zero attached hydrogens (tertiary/aromatic N) is 3. The highest BCUT2D eigenvalue weighted by atomic mass is 32.2. The van der Waals surface area contributed by atoms with E-state index in [9.17, 15) is 17.6 Å². The third-order valence-electron chi connectivity index (χ3n) is 6.04. The summed E-state index contributed by atoms with van der Waals surface area (Å²) >= 11 is 0. The Morgan fingerprint density at radius 2 is 1.90 bits per heavy atom. The quantitative estimate of drug-likeness (QED) is 0.677. The number of fused-ring (bicyclic) bond motifs is 2. The number of ether oxygens (including phenoxy) is 1. The van der Waals surface area contributed by atoms with E-state index in [1.807, 2.05) is 25.3 Å². The molecule has 2 bridgehead atoms. The van der Waals surface area contributed by atoms with Gasteiger partial charge in [-0.3, -0.25) is 4.79 Å². The average molecular weight is 448 g/mol. The van der Waals surface area contributed by atoms with Crippen LogP contribution in [0.4, 0.5) is 10.2 Å². The summed E-state index contributed by atoms with van der Waals surface area (Å²) < 4.78 is 44.1. The summed E-state index contributed by atoms with van der Waals surface area (Å²) in [6.07, 6.45) is 3.65. The van der Waals surface area contributed by atoms with Crippen LogP contribution in [-0.2, 0) is 14.6 Å². The molecule has 9 heteroatoms. The lowest BCUT2D eigenvalue weighted by atomic mass is 10.1. The number of benzene rings is 1. The summed E-state index contributed by atoms with van der Waals surface area (Å²) in [5.74, 6) is -0.256. The highest BCUT2D eigenvalue weighted by Crippen LogP contribution is 2.34. The lowest BCUT2D eigenvalue weighted by Crippen LogP contribution is -2.55. The van der Waals surface area contributed by atoms with Gasteiger partial charge in [0, 0.05) is 37.8 Å². The number of anilines is 1. The molecule has 2 saturated heterocycles. The molecule has 31 heavy (non-hydrogen) atoms. The SMILES string of the molecule is COc1ccc(F)cc1S(=O)(=O)CCC(=O)N1CC2CCC(C1)N2c1ccc(C)cn1. The van der Waals surface area contributed by atoms with Crippen LogP contribution in [0.1, 0.15) is 24.8 Å². The van der Waals surface area contributed by atoms with E-state index >= 15 is 0 Å². The van der Waals surface area contributed by atoms with Crippen molar-refractivity contribution in [2.24, 2.45) is 0 Å². The number of hydrogen-bond donors (Lipinski definition) is 0. The van der Waals surface area contributed by atoms with Crippen LogP contribution in [0.3, 0.4) is 0 Å². The number of rotatable bonds is 6. The van der Waals surface area contributed by atoms with Crippen molar-refractivity contribution in [2.75, 3.05) is 30.9 Å². The van der Waals surface area contributed by atoms with E-state index in [1.54, 1.807) is 4.90 Å². The van der Waals surface area contributed by atoms with Gasteiger partial charge in [-0.05, 0) is 49.6 Å². The Hall–Kier alpha value is -2.68.